The number of pyridine rings is 1. The second kappa shape index (κ2) is 4.47. The molecule has 3 nitrogen and oxygen atoms in total. The fourth-order valence-electron chi connectivity index (χ4n) is 2.53. The topological polar surface area (TPSA) is 42.2 Å². The van der Waals surface area contributed by atoms with Gasteiger partial charge in [0.05, 0.1) is 0 Å². The molecule has 1 saturated heterocycles. The van der Waals surface area contributed by atoms with Crippen LogP contribution in [-0.2, 0) is 0 Å². The van der Waals surface area contributed by atoms with Crippen molar-refractivity contribution < 1.29 is 8.78 Å². The third-order valence-corrected chi connectivity index (χ3v) is 3.11. The van der Waals surface area contributed by atoms with E-state index in [1.54, 1.807) is 0 Å². The average molecular weight is 241 g/mol. The zero-order valence-electron chi connectivity index (χ0n) is 10.1. The smallest absolute Gasteiger partial charge is 0.168 e. The fourth-order valence-corrected chi connectivity index (χ4v) is 2.53. The summed E-state index contributed by atoms with van der Waals surface area (Å²) in [6.07, 6.45) is 1.12. The van der Waals surface area contributed by atoms with Gasteiger partial charge in [-0.05, 0) is 18.3 Å². The summed E-state index contributed by atoms with van der Waals surface area (Å²) in [6.45, 7) is 5.71. The Hall–Kier alpha value is -1.39. The molecule has 0 amide bonds. The monoisotopic (exact) mass is 241 g/mol. The Kier molecular flexibility index (Phi) is 3.17. The van der Waals surface area contributed by atoms with Crippen LogP contribution in [-0.4, -0.2) is 18.1 Å². The van der Waals surface area contributed by atoms with E-state index in [0.717, 1.165) is 25.6 Å². The molecule has 1 aliphatic rings. The van der Waals surface area contributed by atoms with Crippen LogP contribution in [0.5, 0.6) is 0 Å². The minimum absolute atomic E-state index is 0.169. The highest BCUT2D eigenvalue weighted by atomic mass is 19.1. The Morgan fingerprint density at radius 3 is 2.41 bits per heavy atom. The molecule has 2 heterocycles. The molecule has 1 aliphatic heterocycles. The maximum absolute atomic E-state index is 13.7. The Morgan fingerprint density at radius 1 is 1.24 bits per heavy atom. The molecule has 1 aromatic heterocycles. The first-order chi connectivity index (χ1) is 7.97. The van der Waals surface area contributed by atoms with Crippen molar-refractivity contribution in [2.24, 2.45) is 11.8 Å². The first kappa shape index (κ1) is 12.1. The second-order valence-electron chi connectivity index (χ2n) is 5.01. The van der Waals surface area contributed by atoms with Crippen LogP contribution in [0.1, 0.15) is 20.3 Å². The molecule has 0 bridgehead atoms. The molecule has 0 aliphatic carbocycles. The SMILES string of the molecule is CC1CC(C)CN(c2nc(N)c(F)cc2F)C1. The number of halogens is 2. The zero-order valence-corrected chi connectivity index (χ0v) is 10.1. The molecule has 2 unspecified atom stereocenters. The third kappa shape index (κ3) is 2.48. The summed E-state index contributed by atoms with van der Waals surface area (Å²) in [5, 5.41) is 0. The zero-order chi connectivity index (χ0) is 12.6. The van der Waals surface area contributed by atoms with Gasteiger partial charge in [-0.15, -0.1) is 0 Å². The Balaban J connectivity index is 2.30. The van der Waals surface area contributed by atoms with E-state index in [9.17, 15) is 8.78 Å². The molecule has 1 aromatic rings. The predicted octanol–water partition coefficient (Wildman–Crippen LogP) is 2.42. The fraction of sp³-hybridized carbons (Fsp3) is 0.583. The summed E-state index contributed by atoms with van der Waals surface area (Å²) in [6, 6.07) is 0.807. The summed E-state index contributed by atoms with van der Waals surface area (Å²) in [5.74, 6) is -0.561. The lowest BCUT2D eigenvalue weighted by molar-refractivity contribution is 0.352. The van der Waals surface area contributed by atoms with E-state index in [1.807, 2.05) is 4.90 Å². The van der Waals surface area contributed by atoms with Crippen molar-refractivity contribution in [1.29, 1.82) is 0 Å². The average Bonchev–Trinajstić information content (AvgIpc) is 2.22. The van der Waals surface area contributed by atoms with Gasteiger partial charge in [-0.2, -0.15) is 0 Å². The van der Waals surface area contributed by atoms with Crippen molar-refractivity contribution in [3.63, 3.8) is 0 Å². The van der Waals surface area contributed by atoms with Gasteiger partial charge in [-0.25, -0.2) is 13.8 Å². The predicted molar refractivity (Wildman–Crippen MR) is 63.7 cm³/mol. The standard InChI is InChI=1S/C12H17F2N3/c1-7-3-8(2)6-17(5-7)12-10(14)4-9(13)11(15)16-12/h4,7-8H,3,5-6H2,1-2H3,(H2,15,16). The molecule has 2 rings (SSSR count). The van der Waals surface area contributed by atoms with Crippen molar-refractivity contribution in [2.75, 3.05) is 23.7 Å². The van der Waals surface area contributed by atoms with Crippen molar-refractivity contribution in [2.45, 2.75) is 20.3 Å². The van der Waals surface area contributed by atoms with Gasteiger partial charge < -0.3 is 10.6 Å². The van der Waals surface area contributed by atoms with Gasteiger partial charge in [0.25, 0.3) is 0 Å². The minimum Gasteiger partial charge on any atom is -0.381 e. The summed E-state index contributed by atoms with van der Waals surface area (Å²) < 4.78 is 26.7. The van der Waals surface area contributed by atoms with E-state index in [2.05, 4.69) is 18.8 Å². The highest BCUT2D eigenvalue weighted by molar-refractivity contribution is 5.47. The number of rotatable bonds is 1. The molecule has 1 fully saturated rings. The van der Waals surface area contributed by atoms with Gasteiger partial charge in [0.15, 0.2) is 23.3 Å². The normalized spacial score (nSPS) is 25.1. The number of nitrogens with two attached hydrogens (primary N) is 1. The lowest BCUT2D eigenvalue weighted by atomic mass is 9.92. The number of hydrogen-bond acceptors (Lipinski definition) is 3. The van der Waals surface area contributed by atoms with Crippen LogP contribution < -0.4 is 10.6 Å². The first-order valence-corrected chi connectivity index (χ1v) is 5.83. The van der Waals surface area contributed by atoms with Gasteiger partial charge >= 0.3 is 0 Å². The summed E-state index contributed by atoms with van der Waals surface area (Å²) in [4.78, 5) is 5.67. The maximum Gasteiger partial charge on any atom is 0.168 e. The van der Waals surface area contributed by atoms with Gasteiger partial charge in [0.2, 0.25) is 0 Å². The molecule has 0 aromatic carbocycles. The van der Waals surface area contributed by atoms with E-state index >= 15 is 0 Å². The van der Waals surface area contributed by atoms with E-state index in [-0.39, 0.29) is 11.6 Å². The van der Waals surface area contributed by atoms with E-state index in [1.165, 1.54) is 0 Å². The second-order valence-corrected chi connectivity index (χ2v) is 5.01. The number of aromatic nitrogens is 1. The third-order valence-electron chi connectivity index (χ3n) is 3.11. The van der Waals surface area contributed by atoms with Crippen LogP contribution in [0.3, 0.4) is 0 Å². The lowest BCUT2D eigenvalue weighted by Gasteiger charge is -2.35. The quantitative estimate of drug-likeness (QED) is 0.821. The summed E-state index contributed by atoms with van der Waals surface area (Å²) >= 11 is 0. The largest absolute Gasteiger partial charge is 0.381 e. The van der Waals surface area contributed by atoms with Crippen molar-refractivity contribution in [1.82, 2.24) is 4.98 Å². The van der Waals surface area contributed by atoms with Crippen LogP contribution >= 0.6 is 0 Å². The Bertz CT molecular complexity index is 412. The van der Waals surface area contributed by atoms with Crippen LogP contribution in [0.2, 0.25) is 0 Å². The minimum atomic E-state index is -0.802. The van der Waals surface area contributed by atoms with Gasteiger partial charge in [0, 0.05) is 19.2 Å². The number of anilines is 2. The summed E-state index contributed by atoms with van der Waals surface area (Å²) in [5.41, 5.74) is 5.39. The van der Waals surface area contributed by atoms with Crippen LogP contribution in [0.15, 0.2) is 6.07 Å². The van der Waals surface area contributed by atoms with E-state index in [4.69, 9.17) is 5.73 Å². The highest BCUT2D eigenvalue weighted by Gasteiger charge is 2.25. The molecule has 17 heavy (non-hydrogen) atoms. The molecule has 0 spiro atoms. The number of piperidine rings is 1. The van der Waals surface area contributed by atoms with Crippen molar-refractivity contribution in [3.05, 3.63) is 17.7 Å². The van der Waals surface area contributed by atoms with Crippen LogP contribution in [0.25, 0.3) is 0 Å². The molecular weight excluding hydrogens is 224 g/mol. The number of hydrogen-bond donors (Lipinski definition) is 1. The van der Waals surface area contributed by atoms with Crippen molar-refractivity contribution in [3.8, 4) is 0 Å². The first-order valence-electron chi connectivity index (χ1n) is 5.83. The maximum atomic E-state index is 13.7. The Labute approximate surface area is 99.6 Å². The van der Waals surface area contributed by atoms with Gasteiger partial charge in [-0.3, -0.25) is 0 Å². The molecule has 2 N–H and O–H groups in total. The number of nitrogens with zero attached hydrogens (tertiary/aromatic N) is 2. The molecule has 5 heteroatoms. The van der Waals surface area contributed by atoms with Gasteiger partial charge in [-0.1, -0.05) is 13.8 Å². The van der Waals surface area contributed by atoms with E-state index < -0.39 is 11.6 Å². The van der Waals surface area contributed by atoms with E-state index in [0.29, 0.717) is 11.8 Å². The van der Waals surface area contributed by atoms with Gasteiger partial charge in [0.1, 0.15) is 0 Å². The Morgan fingerprint density at radius 2 is 1.82 bits per heavy atom. The van der Waals surface area contributed by atoms with Crippen molar-refractivity contribution >= 4 is 11.6 Å². The highest BCUT2D eigenvalue weighted by Crippen LogP contribution is 2.28. The molecule has 0 saturated carbocycles. The lowest BCUT2D eigenvalue weighted by Crippen LogP contribution is -2.39. The molecule has 94 valence electrons. The van der Waals surface area contributed by atoms with Crippen LogP contribution in [0.4, 0.5) is 20.4 Å². The molecule has 0 radical (unpaired) electrons. The molecule has 2 atom stereocenters. The summed E-state index contributed by atoms with van der Waals surface area (Å²) in [7, 11) is 0. The van der Waals surface area contributed by atoms with Crippen LogP contribution in [0, 0.1) is 23.5 Å². The molecular formula is C12H17F2N3. The number of nitrogen functional groups attached to an aromatic ring is 1.